The molecule has 0 aliphatic heterocycles. The predicted molar refractivity (Wildman–Crippen MR) is 119 cm³/mol. The molecule has 0 N–H and O–H groups in total. The molecule has 30 heavy (non-hydrogen) atoms. The number of thiophene rings is 1. The summed E-state index contributed by atoms with van der Waals surface area (Å²) in [5.41, 5.74) is 4.63. The van der Waals surface area contributed by atoms with Crippen molar-refractivity contribution in [3.8, 4) is 10.6 Å². The lowest BCUT2D eigenvalue weighted by Gasteiger charge is -2.10. The molecule has 4 rings (SSSR count). The van der Waals surface area contributed by atoms with E-state index in [1.165, 1.54) is 28.0 Å². The van der Waals surface area contributed by atoms with Gasteiger partial charge in [0, 0.05) is 35.5 Å². The van der Waals surface area contributed by atoms with E-state index < -0.39 is 11.7 Å². The molecule has 3 heterocycles. The molecule has 0 saturated carbocycles. The molecule has 156 valence electrons. The van der Waals surface area contributed by atoms with Gasteiger partial charge in [0.2, 0.25) is 0 Å². The molecule has 0 unspecified atom stereocenters. The first-order valence-corrected chi connectivity index (χ1v) is 11.3. The van der Waals surface area contributed by atoms with Crippen molar-refractivity contribution < 1.29 is 13.2 Å². The normalized spacial score (nSPS) is 12.0. The summed E-state index contributed by atoms with van der Waals surface area (Å²) in [5.74, 6) is 0. The standard InChI is InChI=1S/C23H21F3N2S2/c1-14(2)12-18-13-21-19(9-11-29-21)28(18)10-8-20-15(3)27-22(30-20)16-4-6-17(7-5-16)23(24,25)26/h4-7,9,11,13H,1,8,10,12H2,2-3H3. The van der Waals surface area contributed by atoms with E-state index in [1.54, 1.807) is 22.7 Å². The van der Waals surface area contributed by atoms with Crippen LogP contribution in [0.2, 0.25) is 0 Å². The minimum Gasteiger partial charge on any atom is -0.343 e. The first-order valence-electron chi connectivity index (χ1n) is 9.56. The van der Waals surface area contributed by atoms with Crippen LogP contribution >= 0.6 is 22.7 Å². The Balaban J connectivity index is 1.56. The summed E-state index contributed by atoms with van der Waals surface area (Å²) >= 11 is 3.29. The topological polar surface area (TPSA) is 17.8 Å². The van der Waals surface area contributed by atoms with E-state index in [-0.39, 0.29) is 0 Å². The average molecular weight is 447 g/mol. The maximum Gasteiger partial charge on any atom is 0.416 e. The van der Waals surface area contributed by atoms with Gasteiger partial charge < -0.3 is 4.57 Å². The lowest BCUT2D eigenvalue weighted by molar-refractivity contribution is -0.137. The summed E-state index contributed by atoms with van der Waals surface area (Å²) in [5, 5.41) is 2.86. The fourth-order valence-corrected chi connectivity index (χ4v) is 5.45. The number of alkyl halides is 3. The van der Waals surface area contributed by atoms with Gasteiger partial charge in [0.15, 0.2) is 0 Å². The SMILES string of the molecule is C=C(C)Cc1cc2sccc2n1CCc1sc(-c2ccc(C(F)(F)F)cc2)nc1C. The molecule has 4 aromatic rings. The highest BCUT2D eigenvalue weighted by Gasteiger charge is 2.30. The van der Waals surface area contributed by atoms with Crippen molar-refractivity contribution in [2.45, 2.75) is 39.4 Å². The number of aryl methyl sites for hydroxylation is 3. The summed E-state index contributed by atoms with van der Waals surface area (Å²) in [6, 6.07) is 9.61. The average Bonchev–Trinajstić information content (AvgIpc) is 3.34. The highest BCUT2D eigenvalue weighted by molar-refractivity contribution is 7.17. The Morgan fingerprint density at radius 1 is 1.17 bits per heavy atom. The summed E-state index contributed by atoms with van der Waals surface area (Å²) in [7, 11) is 0. The number of aromatic nitrogens is 2. The van der Waals surface area contributed by atoms with Crippen LogP contribution in [0.3, 0.4) is 0 Å². The third-order valence-electron chi connectivity index (χ3n) is 5.01. The quantitative estimate of drug-likeness (QED) is 0.280. The molecule has 0 bridgehead atoms. The number of thiazole rings is 1. The van der Waals surface area contributed by atoms with E-state index in [4.69, 9.17) is 0 Å². The van der Waals surface area contributed by atoms with Crippen LogP contribution in [-0.4, -0.2) is 9.55 Å². The number of fused-ring (bicyclic) bond motifs is 1. The molecule has 0 amide bonds. The van der Waals surface area contributed by atoms with Gasteiger partial charge in [-0.05, 0) is 43.5 Å². The van der Waals surface area contributed by atoms with Gasteiger partial charge >= 0.3 is 6.18 Å². The van der Waals surface area contributed by atoms with Gasteiger partial charge in [-0.25, -0.2) is 4.98 Å². The van der Waals surface area contributed by atoms with Gasteiger partial charge in [0.1, 0.15) is 5.01 Å². The van der Waals surface area contributed by atoms with Crippen LogP contribution in [0.25, 0.3) is 20.8 Å². The lowest BCUT2D eigenvalue weighted by atomic mass is 10.1. The highest BCUT2D eigenvalue weighted by Crippen LogP contribution is 2.34. The molecule has 0 radical (unpaired) electrons. The third kappa shape index (κ3) is 4.23. The van der Waals surface area contributed by atoms with Gasteiger partial charge in [-0.3, -0.25) is 0 Å². The second-order valence-corrected chi connectivity index (χ2v) is 9.48. The Hall–Kier alpha value is -2.38. The van der Waals surface area contributed by atoms with Crippen LogP contribution in [0.1, 0.15) is 28.8 Å². The number of halogens is 3. The zero-order valence-electron chi connectivity index (χ0n) is 16.7. The minimum absolute atomic E-state index is 0.641. The first-order chi connectivity index (χ1) is 14.2. The Bertz CT molecular complexity index is 1190. The van der Waals surface area contributed by atoms with Crippen LogP contribution in [0.5, 0.6) is 0 Å². The van der Waals surface area contributed by atoms with Gasteiger partial charge in [0.25, 0.3) is 0 Å². The second kappa shape index (κ2) is 8.04. The van der Waals surface area contributed by atoms with Gasteiger partial charge in [-0.1, -0.05) is 24.3 Å². The Morgan fingerprint density at radius 3 is 2.57 bits per heavy atom. The van der Waals surface area contributed by atoms with Crippen LogP contribution < -0.4 is 0 Å². The molecule has 2 nitrogen and oxygen atoms in total. The van der Waals surface area contributed by atoms with Crippen LogP contribution in [0.15, 0.2) is 53.9 Å². The molecule has 7 heteroatoms. The van der Waals surface area contributed by atoms with Crippen molar-refractivity contribution in [1.82, 2.24) is 9.55 Å². The first kappa shape index (κ1) is 20.9. The Morgan fingerprint density at radius 2 is 1.90 bits per heavy atom. The predicted octanol–water partition coefficient (Wildman–Crippen LogP) is 7.51. The second-order valence-electron chi connectivity index (χ2n) is 7.44. The van der Waals surface area contributed by atoms with E-state index in [0.717, 1.165) is 52.7 Å². The monoisotopic (exact) mass is 446 g/mol. The van der Waals surface area contributed by atoms with Gasteiger partial charge in [-0.2, -0.15) is 13.2 Å². The van der Waals surface area contributed by atoms with Crippen LogP contribution in [0, 0.1) is 6.92 Å². The molecular weight excluding hydrogens is 425 g/mol. The van der Waals surface area contributed by atoms with Crippen molar-refractivity contribution in [3.63, 3.8) is 0 Å². The summed E-state index contributed by atoms with van der Waals surface area (Å²) in [6.45, 7) is 8.88. The minimum atomic E-state index is -4.33. The van der Waals surface area contributed by atoms with Crippen LogP contribution in [-0.2, 0) is 25.6 Å². The fourth-order valence-electron chi connectivity index (χ4n) is 3.55. The largest absolute Gasteiger partial charge is 0.416 e. The van der Waals surface area contributed by atoms with Crippen molar-refractivity contribution >= 4 is 32.9 Å². The number of hydrogen-bond donors (Lipinski definition) is 0. The lowest BCUT2D eigenvalue weighted by Crippen LogP contribution is -2.05. The van der Waals surface area contributed by atoms with Gasteiger partial charge in [-0.15, -0.1) is 22.7 Å². The molecule has 0 aliphatic rings. The molecule has 0 spiro atoms. The maximum absolute atomic E-state index is 12.8. The molecule has 0 fully saturated rings. The highest BCUT2D eigenvalue weighted by atomic mass is 32.1. The zero-order chi connectivity index (χ0) is 21.5. The number of benzene rings is 1. The number of rotatable bonds is 6. The number of nitrogens with zero attached hydrogens (tertiary/aromatic N) is 2. The third-order valence-corrected chi connectivity index (χ3v) is 7.13. The summed E-state index contributed by atoms with van der Waals surface area (Å²) < 4.78 is 42.0. The van der Waals surface area contributed by atoms with E-state index in [2.05, 4.69) is 33.6 Å². The molecule has 3 aromatic heterocycles. The van der Waals surface area contributed by atoms with Crippen molar-refractivity contribution in [3.05, 3.63) is 75.8 Å². The van der Waals surface area contributed by atoms with Crippen LogP contribution in [0.4, 0.5) is 13.2 Å². The molecule has 0 atom stereocenters. The fraction of sp³-hybridized carbons (Fsp3) is 0.261. The number of hydrogen-bond acceptors (Lipinski definition) is 3. The van der Waals surface area contributed by atoms with E-state index in [0.29, 0.717) is 5.56 Å². The molecule has 0 aliphatic carbocycles. The maximum atomic E-state index is 12.8. The summed E-state index contributed by atoms with van der Waals surface area (Å²) in [6.07, 6.45) is -2.65. The van der Waals surface area contributed by atoms with Crippen molar-refractivity contribution in [2.75, 3.05) is 0 Å². The zero-order valence-corrected chi connectivity index (χ0v) is 18.3. The van der Waals surface area contributed by atoms with Crippen molar-refractivity contribution in [2.24, 2.45) is 0 Å². The van der Waals surface area contributed by atoms with E-state index in [1.807, 2.05) is 13.8 Å². The Labute approximate surface area is 181 Å². The molecular formula is C23H21F3N2S2. The van der Waals surface area contributed by atoms with E-state index >= 15 is 0 Å². The van der Waals surface area contributed by atoms with Crippen molar-refractivity contribution in [1.29, 1.82) is 0 Å². The Kier molecular flexibility index (Phi) is 5.59. The number of allylic oxidation sites excluding steroid dienone is 1. The molecule has 1 aromatic carbocycles. The molecule has 0 saturated heterocycles. The van der Waals surface area contributed by atoms with E-state index in [9.17, 15) is 13.2 Å². The summed E-state index contributed by atoms with van der Waals surface area (Å²) in [4.78, 5) is 5.77. The smallest absolute Gasteiger partial charge is 0.343 e. The van der Waals surface area contributed by atoms with Gasteiger partial charge in [0.05, 0.1) is 21.5 Å².